The second kappa shape index (κ2) is 18.4. The van der Waals surface area contributed by atoms with Gasteiger partial charge in [-0.2, -0.15) is 0 Å². The molecule has 0 spiro atoms. The van der Waals surface area contributed by atoms with Gasteiger partial charge in [0.25, 0.3) is 0 Å². The van der Waals surface area contributed by atoms with E-state index < -0.39 is 48.9 Å². The number of carbonyl (C=O) groups excluding carboxylic acids is 2. The summed E-state index contributed by atoms with van der Waals surface area (Å²) in [6.07, 6.45) is 5.38. The van der Waals surface area contributed by atoms with E-state index in [1.54, 1.807) is 0 Å². The van der Waals surface area contributed by atoms with Crippen molar-refractivity contribution in [3.8, 4) is 0 Å². The highest BCUT2D eigenvalue weighted by Crippen LogP contribution is 2.26. The summed E-state index contributed by atoms with van der Waals surface area (Å²) in [5.74, 6) is -1.53. The first-order chi connectivity index (χ1) is 15.3. The van der Waals surface area contributed by atoms with Gasteiger partial charge in [0.2, 0.25) is 0 Å². The Kier molecular flexibility index (Phi) is 17.8. The minimum Gasteiger partial charge on any atom is -0.456 e. The normalized spacial score (nSPS) is 16.2. The molecule has 8 nitrogen and oxygen atoms in total. The van der Waals surface area contributed by atoms with Gasteiger partial charge in [-0.15, -0.1) is 0 Å². The third-order valence-electron chi connectivity index (χ3n) is 5.87. The number of carbonyl (C=O) groups is 2. The zero-order valence-electron chi connectivity index (χ0n) is 20.0. The van der Waals surface area contributed by atoms with E-state index in [0.717, 1.165) is 64.2 Å². The van der Waals surface area contributed by atoms with Crippen molar-refractivity contribution >= 4 is 11.8 Å². The molecule has 190 valence electrons. The smallest absolute Gasteiger partial charge is 0.306 e. The first kappa shape index (κ1) is 30.9. The van der Waals surface area contributed by atoms with Gasteiger partial charge >= 0.3 is 5.97 Å². The van der Waals surface area contributed by atoms with Crippen molar-refractivity contribution in [2.24, 2.45) is 0 Å². The SMILES string of the molecule is CCCCCCCCC(=O)O[C@H](CO)[C@](O)(C(=O)CCCCCCCC)[C@H](O)[C@@H](O)CO. The summed E-state index contributed by atoms with van der Waals surface area (Å²) in [5, 5.41) is 50.3. The van der Waals surface area contributed by atoms with E-state index in [2.05, 4.69) is 13.8 Å². The van der Waals surface area contributed by atoms with Gasteiger partial charge in [0.1, 0.15) is 12.2 Å². The fourth-order valence-corrected chi connectivity index (χ4v) is 3.73. The van der Waals surface area contributed by atoms with Crippen LogP contribution in [-0.4, -0.2) is 74.4 Å². The first-order valence-electron chi connectivity index (χ1n) is 12.3. The number of ketones is 1. The van der Waals surface area contributed by atoms with E-state index >= 15 is 0 Å². The molecule has 0 saturated heterocycles. The second-order valence-corrected chi connectivity index (χ2v) is 8.64. The molecule has 0 aromatic heterocycles. The Balaban J connectivity index is 5.04. The van der Waals surface area contributed by atoms with Gasteiger partial charge in [0.15, 0.2) is 17.5 Å². The molecular formula is C24H46O8. The van der Waals surface area contributed by atoms with E-state index in [0.29, 0.717) is 12.8 Å². The zero-order valence-corrected chi connectivity index (χ0v) is 20.0. The highest BCUT2D eigenvalue weighted by molar-refractivity contribution is 5.89. The molecule has 4 atom stereocenters. The highest BCUT2D eigenvalue weighted by atomic mass is 16.6. The fourth-order valence-electron chi connectivity index (χ4n) is 3.73. The molecular weight excluding hydrogens is 416 g/mol. The van der Waals surface area contributed by atoms with E-state index in [-0.39, 0.29) is 12.8 Å². The lowest BCUT2D eigenvalue weighted by Crippen LogP contribution is -2.64. The molecule has 0 amide bonds. The highest BCUT2D eigenvalue weighted by Gasteiger charge is 2.53. The molecule has 0 aromatic carbocycles. The van der Waals surface area contributed by atoms with Crippen LogP contribution >= 0.6 is 0 Å². The van der Waals surface area contributed by atoms with Crippen LogP contribution in [0, 0.1) is 0 Å². The van der Waals surface area contributed by atoms with Crippen molar-refractivity contribution in [2.75, 3.05) is 13.2 Å². The van der Waals surface area contributed by atoms with Gasteiger partial charge in [-0.1, -0.05) is 78.1 Å². The predicted molar refractivity (Wildman–Crippen MR) is 122 cm³/mol. The molecule has 0 unspecified atom stereocenters. The van der Waals surface area contributed by atoms with Crippen molar-refractivity contribution in [1.82, 2.24) is 0 Å². The average Bonchev–Trinajstić information content (AvgIpc) is 2.80. The van der Waals surface area contributed by atoms with Crippen molar-refractivity contribution in [1.29, 1.82) is 0 Å². The summed E-state index contributed by atoms with van der Waals surface area (Å²) < 4.78 is 5.18. The van der Waals surface area contributed by atoms with Crippen LogP contribution in [0.4, 0.5) is 0 Å². The molecule has 0 saturated carbocycles. The number of Topliss-reactive ketones (excluding diaryl/α,β-unsaturated/α-hetero) is 1. The van der Waals surface area contributed by atoms with Gasteiger partial charge in [0, 0.05) is 12.8 Å². The summed E-state index contributed by atoms with van der Waals surface area (Å²) in [6, 6.07) is 0. The Labute approximate surface area is 193 Å². The Morgan fingerprint density at radius 1 is 0.750 bits per heavy atom. The molecule has 8 heteroatoms. The van der Waals surface area contributed by atoms with E-state index in [1.807, 2.05) is 0 Å². The molecule has 5 N–H and O–H groups in total. The zero-order chi connectivity index (χ0) is 24.4. The van der Waals surface area contributed by atoms with Gasteiger partial charge in [-0.05, 0) is 12.8 Å². The first-order valence-corrected chi connectivity index (χ1v) is 12.3. The maximum atomic E-state index is 12.9. The predicted octanol–water partition coefficient (Wildman–Crippen LogP) is 2.41. The van der Waals surface area contributed by atoms with Crippen LogP contribution in [0.15, 0.2) is 0 Å². The third-order valence-corrected chi connectivity index (χ3v) is 5.87. The number of hydrogen-bond donors (Lipinski definition) is 5. The number of ether oxygens (including phenoxy) is 1. The van der Waals surface area contributed by atoms with Crippen LogP contribution in [0.1, 0.15) is 104 Å². The molecule has 0 heterocycles. The monoisotopic (exact) mass is 462 g/mol. The summed E-state index contributed by atoms with van der Waals surface area (Å²) in [6.45, 7) is 2.40. The van der Waals surface area contributed by atoms with Crippen LogP contribution < -0.4 is 0 Å². The molecule has 32 heavy (non-hydrogen) atoms. The van der Waals surface area contributed by atoms with Crippen molar-refractivity contribution < 1.29 is 39.9 Å². The lowest BCUT2D eigenvalue weighted by Gasteiger charge is -2.38. The molecule has 0 aliphatic rings. The Morgan fingerprint density at radius 2 is 1.22 bits per heavy atom. The lowest BCUT2D eigenvalue weighted by molar-refractivity contribution is -0.207. The van der Waals surface area contributed by atoms with Gasteiger partial charge in [-0.3, -0.25) is 9.59 Å². The summed E-state index contributed by atoms with van der Waals surface area (Å²) in [5.41, 5.74) is -2.71. The topological polar surface area (TPSA) is 145 Å². The van der Waals surface area contributed by atoms with E-state index in [1.165, 1.54) is 0 Å². The van der Waals surface area contributed by atoms with Crippen LogP contribution in [-0.2, 0) is 14.3 Å². The minimum absolute atomic E-state index is 0.0585. The second-order valence-electron chi connectivity index (χ2n) is 8.64. The van der Waals surface area contributed by atoms with Crippen LogP contribution in [0.2, 0.25) is 0 Å². The number of unbranched alkanes of at least 4 members (excludes halogenated alkanes) is 10. The number of hydrogen-bond acceptors (Lipinski definition) is 8. The largest absolute Gasteiger partial charge is 0.456 e. The summed E-state index contributed by atoms with van der Waals surface area (Å²) in [7, 11) is 0. The number of aliphatic hydroxyl groups excluding tert-OH is 4. The van der Waals surface area contributed by atoms with Gasteiger partial charge in [-0.25, -0.2) is 0 Å². The Hall–Kier alpha value is -1.06. The standard InChI is InChI=1S/C24H46O8/c1-3-5-7-9-11-13-15-20(28)24(31,23(30)19(27)17-25)21(18-26)32-22(29)16-14-12-10-8-6-4-2/h19,21,23,25-27,30-31H,3-18H2,1-2H3/t19-,21+,23+,24+/m0/s1. The quantitative estimate of drug-likeness (QED) is 0.129. The molecule has 0 radical (unpaired) electrons. The lowest BCUT2D eigenvalue weighted by atomic mass is 9.81. The summed E-state index contributed by atoms with van der Waals surface area (Å²) >= 11 is 0. The van der Waals surface area contributed by atoms with Gasteiger partial charge in [0.05, 0.1) is 13.2 Å². The van der Waals surface area contributed by atoms with Crippen LogP contribution in [0.25, 0.3) is 0 Å². The third kappa shape index (κ3) is 11.2. The Morgan fingerprint density at radius 3 is 1.69 bits per heavy atom. The summed E-state index contributed by atoms with van der Waals surface area (Å²) in [4.78, 5) is 25.1. The number of aliphatic hydroxyl groups is 5. The van der Waals surface area contributed by atoms with Gasteiger partial charge < -0.3 is 30.3 Å². The maximum Gasteiger partial charge on any atom is 0.306 e. The molecule has 0 fully saturated rings. The number of esters is 1. The molecule has 0 rings (SSSR count). The van der Waals surface area contributed by atoms with Crippen LogP contribution in [0.5, 0.6) is 0 Å². The van der Waals surface area contributed by atoms with Crippen molar-refractivity contribution in [2.45, 2.75) is 128 Å². The van der Waals surface area contributed by atoms with E-state index in [4.69, 9.17) is 4.74 Å². The average molecular weight is 463 g/mol. The molecule has 0 aromatic rings. The van der Waals surface area contributed by atoms with Crippen LogP contribution in [0.3, 0.4) is 0 Å². The Bertz CT molecular complexity index is 498. The fraction of sp³-hybridized carbons (Fsp3) is 0.917. The molecule has 0 aliphatic heterocycles. The molecule has 0 bridgehead atoms. The maximum absolute atomic E-state index is 12.9. The van der Waals surface area contributed by atoms with Crippen molar-refractivity contribution in [3.63, 3.8) is 0 Å². The molecule has 0 aliphatic carbocycles. The van der Waals surface area contributed by atoms with E-state index in [9.17, 15) is 35.1 Å². The number of rotatable bonds is 21. The minimum atomic E-state index is -2.71. The van der Waals surface area contributed by atoms with Crippen molar-refractivity contribution in [3.05, 3.63) is 0 Å².